The van der Waals surface area contributed by atoms with E-state index in [0.29, 0.717) is 5.56 Å². The molecule has 7 nitrogen and oxygen atoms in total. The van der Waals surface area contributed by atoms with Gasteiger partial charge in [0.15, 0.2) is 0 Å². The van der Waals surface area contributed by atoms with E-state index in [9.17, 15) is 14.9 Å². The molecule has 0 aliphatic carbocycles. The molecule has 0 fully saturated rings. The molecule has 7 heteroatoms. The third-order valence-electron chi connectivity index (χ3n) is 2.34. The highest BCUT2D eigenvalue weighted by Crippen LogP contribution is 2.13. The molecule has 2 aromatic rings. The zero-order valence-corrected chi connectivity index (χ0v) is 9.11. The van der Waals surface area contributed by atoms with E-state index in [0.717, 1.165) is 0 Å². The van der Waals surface area contributed by atoms with Gasteiger partial charge >= 0.3 is 5.69 Å². The molecule has 0 saturated heterocycles. The number of benzene rings is 1. The van der Waals surface area contributed by atoms with Gasteiger partial charge in [-0.3, -0.25) is 14.7 Å². The molecule has 17 heavy (non-hydrogen) atoms. The topological polar surface area (TPSA) is 83.0 Å². The second-order valence-electron chi connectivity index (χ2n) is 3.61. The summed E-state index contributed by atoms with van der Waals surface area (Å²) in [5.74, 6) is 0. The van der Waals surface area contributed by atoms with E-state index in [1.807, 2.05) is 0 Å². The van der Waals surface area contributed by atoms with E-state index in [1.165, 1.54) is 27.7 Å². The molecule has 0 bridgehead atoms. The Kier molecular flexibility index (Phi) is 2.73. The first-order chi connectivity index (χ1) is 8.08. The molecule has 2 rings (SSSR count). The van der Waals surface area contributed by atoms with E-state index in [4.69, 9.17) is 0 Å². The minimum absolute atomic E-state index is 0.00600. The second-order valence-corrected chi connectivity index (χ2v) is 3.61. The molecule has 0 unspecified atom stereocenters. The van der Waals surface area contributed by atoms with Crippen LogP contribution in [0.25, 0.3) is 0 Å². The van der Waals surface area contributed by atoms with Crippen LogP contribution in [0.4, 0.5) is 5.69 Å². The number of nitro benzene ring substituents is 1. The van der Waals surface area contributed by atoms with Crippen LogP contribution in [0.1, 0.15) is 5.56 Å². The number of rotatable bonds is 3. The van der Waals surface area contributed by atoms with Gasteiger partial charge in [-0.25, -0.2) is 9.48 Å². The van der Waals surface area contributed by atoms with E-state index < -0.39 is 4.92 Å². The van der Waals surface area contributed by atoms with Crippen molar-refractivity contribution in [3.05, 3.63) is 56.8 Å². The molecule has 0 atom stereocenters. The summed E-state index contributed by atoms with van der Waals surface area (Å²) in [6.07, 6.45) is 1.40. The van der Waals surface area contributed by atoms with Crippen LogP contribution in [0, 0.1) is 10.1 Å². The van der Waals surface area contributed by atoms with Crippen molar-refractivity contribution in [3.8, 4) is 0 Å². The van der Waals surface area contributed by atoms with Crippen LogP contribution < -0.4 is 5.69 Å². The van der Waals surface area contributed by atoms with Crippen molar-refractivity contribution in [1.82, 2.24) is 14.3 Å². The molecule has 1 heterocycles. The predicted octanol–water partition coefficient (Wildman–Crippen LogP) is 0.538. The molecular formula is C10H10N4O3. The van der Waals surface area contributed by atoms with Gasteiger partial charge in [0.1, 0.15) is 6.33 Å². The zero-order valence-electron chi connectivity index (χ0n) is 9.11. The fourth-order valence-corrected chi connectivity index (χ4v) is 1.47. The highest BCUT2D eigenvalue weighted by molar-refractivity contribution is 5.34. The van der Waals surface area contributed by atoms with Crippen LogP contribution in [0.5, 0.6) is 0 Å². The number of nitro groups is 1. The van der Waals surface area contributed by atoms with E-state index in [2.05, 4.69) is 5.10 Å². The van der Waals surface area contributed by atoms with Gasteiger partial charge < -0.3 is 0 Å². The van der Waals surface area contributed by atoms with Crippen LogP contribution in [0.15, 0.2) is 35.4 Å². The molecule has 0 aliphatic rings. The van der Waals surface area contributed by atoms with Gasteiger partial charge in [-0.1, -0.05) is 12.1 Å². The van der Waals surface area contributed by atoms with Gasteiger partial charge in [0.2, 0.25) is 0 Å². The molecule has 0 saturated carbocycles. The number of hydrogen-bond acceptors (Lipinski definition) is 4. The predicted molar refractivity (Wildman–Crippen MR) is 59.7 cm³/mol. The molecule has 0 spiro atoms. The summed E-state index contributed by atoms with van der Waals surface area (Å²) in [5, 5.41) is 14.5. The molecule has 1 aromatic carbocycles. The van der Waals surface area contributed by atoms with Crippen LogP contribution in [0.3, 0.4) is 0 Å². The number of hydrogen-bond donors (Lipinski definition) is 0. The highest BCUT2D eigenvalue weighted by atomic mass is 16.6. The van der Waals surface area contributed by atoms with Gasteiger partial charge in [0.25, 0.3) is 5.69 Å². The van der Waals surface area contributed by atoms with Crippen molar-refractivity contribution in [2.75, 3.05) is 0 Å². The van der Waals surface area contributed by atoms with E-state index in [-0.39, 0.29) is 17.9 Å². The standard InChI is InChI=1S/C10H10N4O3/c1-12-7-11-13(10(12)15)6-8-3-2-4-9(5-8)14(16)17/h2-5,7H,6H2,1H3. The molecule has 0 radical (unpaired) electrons. The Morgan fingerprint density at radius 2 is 2.24 bits per heavy atom. The lowest BCUT2D eigenvalue weighted by Gasteiger charge is -2.00. The molecular weight excluding hydrogens is 224 g/mol. The Hall–Kier alpha value is -2.44. The van der Waals surface area contributed by atoms with E-state index >= 15 is 0 Å². The van der Waals surface area contributed by atoms with Crippen molar-refractivity contribution in [1.29, 1.82) is 0 Å². The summed E-state index contributed by atoms with van der Waals surface area (Å²) >= 11 is 0. The smallest absolute Gasteiger partial charge is 0.285 e. The molecule has 0 aliphatic heterocycles. The van der Waals surface area contributed by atoms with Gasteiger partial charge in [-0.05, 0) is 5.56 Å². The fraction of sp³-hybridized carbons (Fsp3) is 0.200. The monoisotopic (exact) mass is 234 g/mol. The number of aryl methyl sites for hydroxylation is 1. The average Bonchev–Trinajstić information content (AvgIpc) is 2.61. The summed E-state index contributed by atoms with van der Waals surface area (Å²) in [4.78, 5) is 21.6. The van der Waals surface area contributed by atoms with Crippen LogP contribution in [0.2, 0.25) is 0 Å². The largest absolute Gasteiger partial charge is 0.345 e. The van der Waals surface area contributed by atoms with Crippen LogP contribution in [-0.4, -0.2) is 19.3 Å². The lowest BCUT2D eigenvalue weighted by molar-refractivity contribution is -0.384. The normalized spacial score (nSPS) is 10.4. The maximum atomic E-state index is 11.5. The Bertz CT molecular complexity index is 614. The van der Waals surface area contributed by atoms with Crippen molar-refractivity contribution >= 4 is 5.69 Å². The van der Waals surface area contributed by atoms with Gasteiger partial charge in [0, 0.05) is 19.2 Å². The Morgan fingerprint density at radius 1 is 1.47 bits per heavy atom. The molecule has 0 N–H and O–H groups in total. The molecule has 0 amide bonds. The van der Waals surface area contributed by atoms with Gasteiger partial charge in [-0.2, -0.15) is 5.10 Å². The Labute approximate surface area is 96.1 Å². The minimum atomic E-state index is -0.468. The third kappa shape index (κ3) is 2.22. The number of aromatic nitrogens is 3. The average molecular weight is 234 g/mol. The van der Waals surface area contributed by atoms with Gasteiger partial charge in [-0.15, -0.1) is 0 Å². The first-order valence-corrected chi connectivity index (χ1v) is 4.89. The maximum Gasteiger partial charge on any atom is 0.345 e. The first kappa shape index (κ1) is 11.1. The van der Waals surface area contributed by atoms with Crippen molar-refractivity contribution in [3.63, 3.8) is 0 Å². The summed E-state index contributed by atoms with van der Waals surface area (Å²) in [6, 6.07) is 6.14. The highest BCUT2D eigenvalue weighted by Gasteiger charge is 2.07. The third-order valence-corrected chi connectivity index (χ3v) is 2.34. The van der Waals surface area contributed by atoms with Crippen LogP contribution >= 0.6 is 0 Å². The quantitative estimate of drug-likeness (QED) is 0.573. The molecule has 1 aromatic heterocycles. The summed E-state index contributed by atoms with van der Waals surface area (Å²) in [5.41, 5.74) is 0.419. The first-order valence-electron chi connectivity index (χ1n) is 4.89. The van der Waals surface area contributed by atoms with Gasteiger partial charge in [0.05, 0.1) is 11.5 Å². The van der Waals surface area contributed by atoms with Crippen molar-refractivity contribution < 1.29 is 4.92 Å². The lowest BCUT2D eigenvalue weighted by atomic mass is 10.2. The van der Waals surface area contributed by atoms with Crippen molar-refractivity contribution in [2.24, 2.45) is 7.05 Å². The Morgan fingerprint density at radius 3 is 2.82 bits per heavy atom. The number of non-ortho nitro benzene ring substituents is 1. The SMILES string of the molecule is Cn1cnn(Cc2cccc([N+](=O)[O-])c2)c1=O. The summed E-state index contributed by atoms with van der Waals surface area (Å²) in [7, 11) is 1.60. The second kappa shape index (κ2) is 4.20. The minimum Gasteiger partial charge on any atom is -0.285 e. The number of nitrogens with zero attached hydrogens (tertiary/aromatic N) is 4. The van der Waals surface area contributed by atoms with Crippen LogP contribution in [-0.2, 0) is 13.6 Å². The van der Waals surface area contributed by atoms with Crippen molar-refractivity contribution in [2.45, 2.75) is 6.54 Å². The lowest BCUT2D eigenvalue weighted by Crippen LogP contribution is -2.23. The Balaban J connectivity index is 2.30. The zero-order chi connectivity index (χ0) is 12.4. The molecule has 88 valence electrons. The summed E-state index contributed by atoms with van der Waals surface area (Å²) in [6.45, 7) is 0.224. The fourth-order valence-electron chi connectivity index (χ4n) is 1.47. The van der Waals surface area contributed by atoms with E-state index in [1.54, 1.807) is 19.2 Å². The summed E-state index contributed by atoms with van der Waals surface area (Å²) < 4.78 is 2.59. The maximum absolute atomic E-state index is 11.5.